The number of rotatable bonds is 6. The Labute approximate surface area is 146 Å². The predicted molar refractivity (Wildman–Crippen MR) is 95.5 cm³/mol. The first-order valence-corrected chi connectivity index (χ1v) is 10.0. The lowest BCUT2D eigenvalue weighted by atomic mass is 10.2. The average Bonchev–Trinajstić information content (AvgIpc) is 3.38. The molecule has 3 nitrogen and oxygen atoms in total. The van der Waals surface area contributed by atoms with Gasteiger partial charge in [-0.3, -0.25) is 0 Å². The highest BCUT2D eigenvalue weighted by Gasteiger charge is 2.38. The van der Waals surface area contributed by atoms with E-state index in [1.165, 1.54) is 0 Å². The van der Waals surface area contributed by atoms with Crippen molar-refractivity contribution in [2.24, 2.45) is 5.92 Å². The molecule has 0 unspecified atom stereocenters. The van der Waals surface area contributed by atoms with Crippen LogP contribution >= 0.6 is 15.9 Å². The maximum Gasteiger partial charge on any atom is 0.243 e. The molecule has 5 heteroatoms. The van der Waals surface area contributed by atoms with Crippen molar-refractivity contribution in [2.45, 2.75) is 37.2 Å². The molecule has 1 atom stereocenters. The Kier molecular flexibility index (Phi) is 4.90. The number of hydrogen-bond acceptors (Lipinski definition) is 2. The van der Waals surface area contributed by atoms with E-state index in [4.69, 9.17) is 0 Å². The van der Waals surface area contributed by atoms with Crippen LogP contribution in [0.1, 0.15) is 25.3 Å². The molecular formula is C18H20BrNO2S. The van der Waals surface area contributed by atoms with Gasteiger partial charge in [0.15, 0.2) is 0 Å². The molecule has 0 N–H and O–H groups in total. The van der Waals surface area contributed by atoms with Gasteiger partial charge < -0.3 is 0 Å². The Morgan fingerprint density at radius 1 is 1.13 bits per heavy atom. The first-order valence-electron chi connectivity index (χ1n) is 7.80. The normalized spacial score (nSPS) is 16.5. The highest BCUT2D eigenvalue weighted by molar-refractivity contribution is 9.10. The third-order valence-electron chi connectivity index (χ3n) is 4.34. The molecule has 0 spiro atoms. The van der Waals surface area contributed by atoms with E-state index in [2.05, 4.69) is 15.9 Å². The Morgan fingerprint density at radius 2 is 1.83 bits per heavy atom. The van der Waals surface area contributed by atoms with Crippen molar-refractivity contribution in [3.05, 3.63) is 64.6 Å². The summed E-state index contributed by atoms with van der Waals surface area (Å²) in [5.41, 5.74) is 1.01. The molecule has 0 heterocycles. The molecule has 0 saturated heterocycles. The van der Waals surface area contributed by atoms with E-state index in [0.29, 0.717) is 17.4 Å². The molecule has 2 aromatic rings. The van der Waals surface area contributed by atoms with Crippen molar-refractivity contribution in [3.63, 3.8) is 0 Å². The monoisotopic (exact) mass is 393 g/mol. The van der Waals surface area contributed by atoms with Crippen LogP contribution in [0.5, 0.6) is 0 Å². The number of hydrogen-bond donors (Lipinski definition) is 0. The molecule has 0 bridgehead atoms. The van der Waals surface area contributed by atoms with E-state index in [9.17, 15) is 8.42 Å². The van der Waals surface area contributed by atoms with Crippen LogP contribution in [0, 0.1) is 5.92 Å². The van der Waals surface area contributed by atoms with Crippen LogP contribution in [0.4, 0.5) is 0 Å². The van der Waals surface area contributed by atoms with Gasteiger partial charge in [-0.25, -0.2) is 8.42 Å². The SMILES string of the molecule is C[C@@H](C1CC1)N(Cc1ccccc1)S(=O)(=O)c1cccc(Br)c1. The fourth-order valence-corrected chi connectivity index (χ4v) is 5.06. The molecule has 0 aliphatic heterocycles. The maximum absolute atomic E-state index is 13.2. The van der Waals surface area contributed by atoms with Gasteiger partial charge in [0, 0.05) is 17.1 Å². The van der Waals surface area contributed by atoms with E-state index in [0.717, 1.165) is 22.9 Å². The minimum absolute atomic E-state index is 0.0131. The molecule has 3 rings (SSSR count). The summed E-state index contributed by atoms with van der Waals surface area (Å²) in [6, 6.07) is 16.7. The summed E-state index contributed by atoms with van der Waals surface area (Å²) in [5.74, 6) is 0.473. The quantitative estimate of drug-likeness (QED) is 0.727. The molecular weight excluding hydrogens is 374 g/mol. The Balaban J connectivity index is 1.96. The van der Waals surface area contributed by atoms with Crippen molar-refractivity contribution in [2.75, 3.05) is 0 Å². The first kappa shape index (κ1) is 16.7. The fraction of sp³-hybridized carbons (Fsp3) is 0.333. The van der Waals surface area contributed by atoms with E-state index in [1.54, 1.807) is 22.5 Å². The minimum Gasteiger partial charge on any atom is -0.207 e. The molecule has 0 aromatic heterocycles. The van der Waals surface area contributed by atoms with Crippen LogP contribution in [0.2, 0.25) is 0 Å². The molecule has 122 valence electrons. The second kappa shape index (κ2) is 6.75. The Hall–Kier alpha value is -1.17. The van der Waals surface area contributed by atoms with E-state index in [1.807, 2.05) is 43.3 Å². The summed E-state index contributed by atoms with van der Waals surface area (Å²) < 4.78 is 28.8. The number of sulfonamides is 1. The van der Waals surface area contributed by atoms with Gasteiger partial charge in [0.25, 0.3) is 0 Å². The van der Waals surface area contributed by atoms with Crippen molar-refractivity contribution in [1.82, 2.24) is 4.31 Å². The smallest absolute Gasteiger partial charge is 0.207 e. The van der Waals surface area contributed by atoms with Gasteiger partial charge >= 0.3 is 0 Å². The third-order valence-corrected chi connectivity index (χ3v) is 6.76. The van der Waals surface area contributed by atoms with Crippen molar-refractivity contribution in [1.29, 1.82) is 0 Å². The summed E-state index contributed by atoms with van der Waals surface area (Å²) in [7, 11) is -3.52. The van der Waals surface area contributed by atoms with Gasteiger partial charge in [-0.2, -0.15) is 4.31 Å². The molecule has 1 aliphatic rings. The van der Waals surface area contributed by atoms with E-state index >= 15 is 0 Å². The van der Waals surface area contributed by atoms with Crippen LogP contribution in [0.25, 0.3) is 0 Å². The summed E-state index contributed by atoms with van der Waals surface area (Å²) >= 11 is 3.37. The maximum atomic E-state index is 13.2. The molecule has 1 aliphatic carbocycles. The lowest BCUT2D eigenvalue weighted by Crippen LogP contribution is -2.39. The largest absolute Gasteiger partial charge is 0.243 e. The van der Waals surface area contributed by atoms with Crippen LogP contribution in [-0.2, 0) is 16.6 Å². The highest BCUT2D eigenvalue weighted by Crippen LogP contribution is 2.38. The highest BCUT2D eigenvalue weighted by atomic mass is 79.9. The Bertz CT molecular complexity index is 773. The van der Waals surface area contributed by atoms with E-state index in [-0.39, 0.29) is 6.04 Å². The minimum atomic E-state index is -3.52. The summed E-state index contributed by atoms with van der Waals surface area (Å²) in [4.78, 5) is 0.343. The van der Waals surface area contributed by atoms with Gasteiger partial charge in [-0.05, 0) is 49.4 Å². The lowest BCUT2D eigenvalue weighted by molar-refractivity contribution is 0.303. The van der Waals surface area contributed by atoms with Crippen LogP contribution in [0.15, 0.2) is 64.0 Å². The second-order valence-electron chi connectivity index (χ2n) is 6.07. The number of benzene rings is 2. The molecule has 1 fully saturated rings. The number of nitrogens with zero attached hydrogens (tertiary/aromatic N) is 1. The standard InChI is InChI=1S/C18H20BrNO2S/c1-14(16-10-11-16)20(13-15-6-3-2-4-7-15)23(21,22)18-9-5-8-17(19)12-18/h2-9,12,14,16H,10-11,13H2,1H3/t14-/m0/s1. The Morgan fingerprint density at radius 3 is 2.43 bits per heavy atom. The van der Waals surface area contributed by atoms with Gasteiger partial charge in [0.2, 0.25) is 10.0 Å². The first-order chi connectivity index (χ1) is 11.0. The second-order valence-corrected chi connectivity index (χ2v) is 8.88. The number of halogens is 1. The van der Waals surface area contributed by atoms with Gasteiger partial charge in [0.05, 0.1) is 4.90 Å². The van der Waals surface area contributed by atoms with Gasteiger partial charge in [-0.1, -0.05) is 52.3 Å². The average molecular weight is 394 g/mol. The zero-order valence-corrected chi connectivity index (χ0v) is 15.4. The lowest BCUT2D eigenvalue weighted by Gasteiger charge is -2.28. The third kappa shape index (κ3) is 3.84. The molecule has 23 heavy (non-hydrogen) atoms. The predicted octanol–water partition coefficient (Wildman–Crippen LogP) is 4.44. The summed E-state index contributed by atoms with van der Waals surface area (Å²) in [6.45, 7) is 2.43. The summed E-state index contributed by atoms with van der Waals surface area (Å²) in [5, 5.41) is 0. The summed E-state index contributed by atoms with van der Waals surface area (Å²) in [6.07, 6.45) is 2.22. The topological polar surface area (TPSA) is 37.4 Å². The van der Waals surface area contributed by atoms with Crippen LogP contribution in [0.3, 0.4) is 0 Å². The van der Waals surface area contributed by atoms with Crippen molar-refractivity contribution >= 4 is 26.0 Å². The fourth-order valence-electron chi connectivity index (χ4n) is 2.79. The molecule has 2 aromatic carbocycles. The zero-order chi connectivity index (χ0) is 16.4. The molecule has 1 saturated carbocycles. The van der Waals surface area contributed by atoms with Crippen LogP contribution < -0.4 is 0 Å². The van der Waals surface area contributed by atoms with Gasteiger partial charge in [0.1, 0.15) is 0 Å². The van der Waals surface area contributed by atoms with Crippen molar-refractivity contribution in [3.8, 4) is 0 Å². The molecule has 0 amide bonds. The molecule has 0 radical (unpaired) electrons. The van der Waals surface area contributed by atoms with Crippen LogP contribution in [-0.4, -0.2) is 18.8 Å². The van der Waals surface area contributed by atoms with Crippen molar-refractivity contribution < 1.29 is 8.42 Å². The van der Waals surface area contributed by atoms with E-state index < -0.39 is 10.0 Å². The van der Waals surface area contributed by atoms with Gasteiger partial charge in [-0.15, -0.1) is 0 Å². The zero-order valence-electron chi connectivity index (χ0n) is 13.0.